The Balaban J connectivity index is 1.66. The quantitative estimate of drug-likeness (QED) is 0.643. The molecule has 0 radical (unpaired) electrons. The largest absolute Gasteiger partial charge is 0.326 e. The minimum absolute atomic E-state index is 0.0305. The van der Waals surface area contributed by atoms with E-state index in [9.17, 15) is 4.79 Å². The van der Waals surface area contributed by atoms with Crippen LogP contribution in [0.3, 0.4) is 0 Å². The van der Waals surface area contributed by atoms with Crippen molar-refractivity contribution in [1.29, 1.82) is 0 Å². The standard InChI is InChI=1S/C12H15N5OS/c1-17-12(14-15-16-17)19-9-5-8-11(18)13-10-6-3-2-4-7-10/h2-4,6-7H,5,8-9H2,1H3,(H,13,18). The van der Waals surface area contributed by atoms with Crippen molar-refractivity contribution in [2.75, 3.05) is 11.1 Å². The molecule has 0 unspecified atom stereocenters. The van der Waals surface area contributed by atoms with Crippen LogP contribution in [0.5, 0.6) is 0 Å². The molecule has 19 heavy (non-hydrogen) atoms. The van der Waals surface area contributed by atoms with Gasteiger partial charge < -0.3 is 5.32 Å². The van der Waals surface area contributed by atoms with Gasteiger partial charge in [-0.05, 0) is 29.0 Å². The lowest BCUT2D eigenvalue weighted by Gasteiger charge is -2.04. The zero-order chi connectivity index (χ0) is 13.5. The van der Waals surface area contributed by atoms with Gasteiger partial charge in [0.05, 0.1) is 0 Å². The van der Waals surface area contributed by atoms with E-state index in [0.717, 1.165) is 23.0 Å². The smallest absolute Gasteiger partial charge is 0.224 e. The number of para-hydroxylation sites is 1. The molecule has 7 heteroatoms. The third kappa shape index (κ3) is 4.36. The summed E-state index contributed by atoms with van der Waals surface area (Å²) < 4.78 is 1.62. The van der Waals surface area contributed by atoms with Crippen LogP contribution >= 0.6 is 11.8 Å². The predicted octanol–water partition coefficient (Wildman–Crippen LogP) is 1.72. The van der Waals surface area contributed by atoms with E-state index in [0.29, 0.717) is 6.42 Å². The molecule has 0 saturated carbocycles. The molecule has 6 nitrogen and oxygen atoms in total. The van der Waals surface area contributed by atoms with Gasteiger partial charge in [0, 0.05) is 24.9 Å². The molecule has 2 rings (SSSR count). The van der Waals surface area contributed by atoms with E-state index >= 15 is 0 Å². The lowest BCUT2D eigenvalue weighted by molar-refractivity contribution is -0.116. The summed E-state index contributed by atoms with van der Waals surface area (Å²) in [6, 6.07) is 9.45. The highest BCUT2D eigenvalue weighted by Gasteiger charge is 2.05. The minimum Gasteiger partial charge on any atom is -0.326 e. The lowest BCUT2D eigenvalue weighted by atomic mass is 10.3. The summed E-state index contributed by atoms with van der Waals surface area (Å²) >= 11 is 1.55. The Morgan fingerprint density at radius 3 is 2.84 bits per heavy atom. The van der Waals surface area contributed by atoms with Crippen molar-refractivity contribution in [3.05, 3.63) is 30.3 Å². The van der Waals surface area contributed by atoms with E-state index in [2.05, 4.69) is 20.8 Å². The summed E-state index contributed by atoms with van der Waals surface area (Å²) in [5.74, 6) is 0.846. The average molecular weight is 277 g/mol. The summed E-state index contributed by atoms with van der Waals surface area (Å²) in [7, 11) is 1.80. The van der Waals surface area contributed by atoms with Crippen LogP contribution < -0.4 is 5.32 Å². The molecule has 0 saturated heterocycles. The Hall–Kier alpha value is -1.89. The van der Waals surface area contributed by atoms with E-state index in [1.165, 1.54) is 0 Å². The maximum atomic E-state index is 11.7. The van der Waals surface area contributed by atoms with Crippen LogP contribution in [0.1, 0.15) is 12.8 Å². The normalized spacial score (nSPS) is 10.4. The molecular formula is C12H15N5OS. The highest BCUT2D eigenvalue weighted by molar-refractivity contribution is 7.99. The van der Waals surface area contributed by atoms with Crippen molar-refractivity contribution < 1.29 is 4.79 Å². The van der Waals surface area contributed by atoms with Crippen molar-refractivity contribution in [3.63, 3.8) is 0 Å². The fourth-order valence-corrected chi connectivity index (χ4v) is 2.27. The first-order valence-electron chi connectivity index (χ1n) is 5.96. The first-order chi connectivity index (χ1) is 9.25. The highest BCUT2D eigenvalue weighted by atomic mass is 32.2. The van der Waals surface area contributed by atoms with Gasteiger partial charge in [0.2, 0.25) is 11.1 Å². The van der Waals surface area contributed by atoms with Crippen molar-refractivity contribution in [3.8, 4) is 0 Å². The Morgan fingerprint density at radius 2 is 2.16 bits per heavy atom. The van der Waals surface area contributed by atoms with Crippen LogP contribution in [-0.4, -0.2) is 31.9 Å². The van der Waals surface area contributed by atoms with Gasteiger partial charge in [-0.15, -0.1) is 5.10 Å². The number of rotatable bonds is 6. The van der Waals surface area contributed by atoms with Crippen LogP contribution in [0.2, 0.25) is 0 Å². The van der Waals surface area contributed by atoms with Crippen LogP contribution in [0, 0.1) is 0 Å². The zero-order valence-corrected chi connectivity index (χ0v) is 11.4. The maximum absolute atomic E-state index is 11.7. The number of aromatic nitrogens is 4. The molecule has 1 heterocycles. The Morgan fingerprint density at radius 1 is 1.37 bits per heavy atom. The molecule has 1 aromatic carbocycles. The number of amides is 1. The van der Waals surface area contributed by atoms with Gasteiger partial charge >= 0.3 is 0 Å². The zero-order valence-electron chi connectivity index (χ0n) is 10.6. The number of carbonyl (C=O) groups excluding carboxylic acids is 1. The second kappa shape index (κ2) is 6.89. The van der Waals surface area contributed by atoms with Crippen molar-refractivity contribution >= 4 is 23.4 Å². The molecular weight excluding hydrogens is 262 g/mol. The molecule has 0 aliphatic carbocycles. The fourth-order valence-electron chi connectivity index (χ4n) is 1.48. The minimum atomic E-state index is 0.0305. The number of thioether (sulfide) groups is 1. The van der Waals surface area contributed by atoms with E-state index in [1.54, 1.807) is 23.5 Å². The van der Waals surface area contributed by atoms with Gasteiger partial charge in [-0.1, -0.05) is 30.0 Å². The SMILES string of the molecule is Cn1nnnc1SCCCC(=O)Nc1ccccc1. The summed E-state index contributed by atoms with van der Waals surface area (Å²) in [6.45, 7) is 0. The predicted molar refractivity (Wildman–Crippen MR) is 73.8 cm³/mol. The van der Waals surface area contributed by atoms with E-state index in [4.69, 9.17) is 0 Å². The van der Waals surface area contributed by atoms with E-state index in [-0.39, 0.29) is 5.91 Å². The lowest BCUT2D eigenvalue weighted by Crippen LogP contribution is -2.11. The monoisotopic (exact) mass is 277 g/mol. The van der Waals surface area contributed by atoms with Crippen molar-refractivity contribution in [2.45, 2.75) is 18.0 Å². The van der Waals surface area contributed by atoms with Gasteiger partial charge in [-0.25, -0.2) is 4.68 Å². The van der Waals surface area contributed by atoms with Crippen LogP contribution in [-0.2, 0) is 11.8 Å². The number of aryl methyl sites for hydroxylation is 1. The summed E-state index contributed by atoms with van der Waals surface area (Å²) in [4.78, 5) is 11.7. The molecule has 0 bridgehead atoms. The number of nitrogens with zero attached hydrogens (tertiary/aromatic N) is 4. The number of benzene rings is 1. The van der Waals surface area contributed by atoms with Crippen molar-refractivity contribution in [1.82, 2.24) is 20.2 Å². The molecule has 0 aliphatic heterocycles. The molecule has 100 valence electrons. The summed E-state index contributed by atoms with van der Waals surface area (Å²) in [6.07, 6.45) is 1.28. The second-order valence-electron chi connectivity index (χ2n) is 3.95. The highest BCUT2D eigenvalue weighted by Crippen LogP contribution is 2.14. The maximum Gasteiger partial charge on any atom is 0.224 e. The van der Waals surface area contributed by atoms with Gasteiger partial charge in [0.25, 0.3) is 0 Å². The molecule has 1 N–H and O–H groups in total. The number of hydrogen-bond donors (Lipinski definition) is 1. The Bertz CT molecular complexity index is 528. The Labute approximate surface area is 115 Å². The molecule has 0 fully saturated rings. The topological polar surface area (TPSA) is 72.7 Å². The van der Waals surface area contributed by atoms with Crippen LogP contribution in [0.15, 0.2) is 35.5 Å². The van der Waals surface area contributed by atoms with Gasteiger partial charge in [-0.2, -0.15) is 0 Å². The number of hydrogen-bond acceptors (Lipinski definition) is 5. The van der Waals surface area contributed by atoms with Gasteiger partial charge in [0.15, 0.2) is 0 Å². The first-order valence-corrected chi connectivity index (χ1v) is 6.94. The fraction of sp³-hybridized carbons (Fsp3) is 0.333. The van der Waals surface area contributed by atoms with Crippen LogP contribution in [0.4, 0.5) is 5.69 Å². The summed E-state index contributed by atoms with van der Waals surface area (Å²) in [5.41, 5.74) is 0.831. The molecule has 0 atom stereocenters. The number of tetrazole rings is 1. The van der Waals surface area contributed by atoms with Crippen LogP contribution in [0.25, 0.3) is 0 Å². The first kappa shape index (κ1) is 13.5. The number of nitrogens with one attached hydrogen (secondary N) is 1. The average Bonchev–Trinajstić information content (AvgIpc) is 2.81. The molecule has 1 amide bonds. The van der Waals surface area contributed by atoms with Gasteiger partial charge in [0.1, 0.15) is 0 Å². The molecule has 2 aromatic rings. The third-order valence-electron chi connectivity index (χ3n) is 2.42. The van der Waals surface area contributed by atoms with E-state index < -0.39 is 0 Å². The molecule has 0 aliphatic rings. The Kier molecular flexibility index (Phi) is 4.91. The summed E-state index contributed by atoms with van der Waals surface area (Å²) in [5, 5.41) is 14.8. The van der Waals surface area contributed by atoms with Crippen molar-refractivity contribution in [2.24, 2.45) is 7.05 Å². The molecule has 0 spiro atoms. The third-order valence-corrected chi connectivity index (χ3v) is 3.52. The van der Waals surface area contributed by atoms with E-state index in [1.807, 2.05) is 30.3 Å². The van der Waals surface area contributed by atoms with Gasteiger partial charge in [-0.3, -0.25) is 4.79 Å². The molecule has 1 aromatic heterocycles. The second-order valence-corrected chi connectivity index (χ2v) is 5.01. The number of anilines is 1. The number of carbonyl (C=O) groups is 1.